The number of hydrogen-bond acceptors (Lipinski definition) is 3. The summed E-state index contributed by atoms with van der Waals surface area (Å²) >= 11 is 0. The average molecular weight is 295 g/mol. The Balaban J connectivity index is 1.39. The molecule has 3 fully saturated rings. The van der Waals surface area contributed by atoms with Crippen LogP contribution < -0.4 is 5.32 Å². The van der Waals surface area contributed by atoms with Crippen molar-refractivity contribution in [3.05, 3.63) is 0 Å². The lowest BCUT2D eigenvalue weighted by Gasteiger charge is -2.43. The largest absolute Gasteiger partial charge is 0.446 e. The first-order valence-electron chi connectivity index (χ1n) is 8.81. The molecule has 1 heterocycles. The molecular formula is C17H29NO3. The van der Waals surface area contributed by atoms with Crippen LogP contribution in [-0.2, 0) is 9.47 Å². The summed E-state index contributed by atoms with van der Waals surface area (Å²) in [6, 6.07) is 0.324. The molecule has 1 aliphatic heterocycles. The number of ether oxygens (including phenoxy) is 2. The van der Waals surface area contributed by atoms with Crippen LogP contribution in [0.15, 0.2) is 0 Å². The Labute approximate surface area is 127 Å². The van der Waals surface area contributed by atoms with Crippen molar-refractivity contribution in [1.82, 2.24) is 5.32 Å². The van der Waals surface area contributed by atoms with Gasteiger partial charge in [0.05, 0.1) is 13.2 Å². The molecule has 0 aromatic carbocycles. The van der Waals surface area contributed by atoms with Gasteiger partial charge in [-0.05, 0) is 43.9 Å². The van der Waals surface area contributed by atoms with Gasteiger partial charge in [-0.3, -0.25) is 0 Å². The second kappa shape index (κ2) is 6.99. The number of carbonyl (C=O) groups excluding carboxylic acids is 1. The highest BCUT2D eigenvalue weighted by Crippen LogP contribution is 2.47. The highest BCUT2D eigenvalue weighted by molar-refractivity contribution is 5.67. The van der Waals surface area contributed by atoms with Crippen LogP contribution in [-0.4, -0.2) is 31.5 Å². The molecule has 2 aliphatic carbocycles. The minimum Gasteiger partial charge on any atom is -0.446 e. The Morgan fingerprint density at radius 2 is 1.62 bits per heavy atom. The first-order chi connectivity index (χ1) is 10.3. The van der Waals surface area contributed by atoms with Gasteiger partial charge in [0.25, 0.3) is 0 Å². The maximum absolute atomic E-state index is 12.0. The normalized spacial score (nSPS) is 27.4. The van der Waals surface area contributed by atoms with E-state index in [1.807, 2.05) is 0 Å². The second-order valence-corrected chi connectivity index (χ2v) is 7.20. The third-order valence-corrected chi connectivity index (χ3v) is 5.72. The lowest BCUT2D eigenvalue weighted by atomic mass is 9.64. The minimum absolute atomic E-state index is 0.0482. The molecule has 4 nitrogen and oxygen atoms in total. The van der Waals surface area contributed by atoms with Crippen molar-refractivity contribution in [3.8, 4) is 0 Å². The van der Waals surface area contributed by atoms with Crippen LogP contribution in [0.3, 0.4) is 0 Å². The van der Waals surface area contributed by atoms with Gasteiger partial charge < -0.3 is 14.8 Å². The van der Waals surface area contributed by atoms with Crippen molar-refractivity contribution in [3.63, 3.8) is 0 Å². The molecule has 1 amide bonds. The summed E-state index contributed by atoms with van der Waals surface area (Å²) in [5, 5.41) is 3.09. The van der Waals surface area contributed by atoms with Crippen molar-refractivity contribution in [1.29, 1.82) is 0 Å². The summed E-state index contributed by atoms with van der Waals surface area (Å²) in [6.45, 7) is 1.42. The van der Waals surface area contributed by atoms with Gasteiger partial charge >= 0.3 is 6.09 Å². The van der Waals surface area contributed by atoms with E-state index in [9.17, 15) is 4.79 Å². The van der Waals surface area contributed by atoms with E-state index in [2.05, 4.69) is 5.32 Å². The molecule has 1 N–H and O–H groups in total. The molecular weight excluding hydrogens is 266 g/mol. The molecule has 1 spiro atoms. The van der Waals surface area contributed by atoms with Gasteiger partial charge in [-0.25, -0.2) is 4.79 Å². The van der Waals surface area contributed by atoms with Gasteiger partial charge in [0.2, 0.25) is 0 Å². The lowest BCUT2D eigenvalue weighted by Crippen LogP contribution is -2.42. The monoisotopic (exact) mass is 295 g/mol. The van der Waals surface area contributed by atoms with E-state index >= 15 is 0 Å². The van der Waals surface area contributed by atoms with E-state index in [0.29, 0.717) is 24.7 Å². The molecule has 0 aromatic rings. The van der Waals surface area contributed by atoms with E-state index in [-0.39, 0.29) is 12.2 Å². The van der Waals surface area contributed by atoms with Crippen LogP contribution >= 0.6 is 0 Å². The SMILES string of the molecule is O=C(NC1CCC2(CCCCC2)CC1)OC1CCOCC1. The van der Waals surface area contributed by atoms with E-state index < -0.39 is 0 Å². The van der Waals surface area contributed by atoms with Crippen molar-refractivity contribution < 1.29 is 14.3 Å². The summed E-state index contributed by atoms with van der Waals surface area (Å²) in [7, 11) is 0. The number of carbonyl (C=O) groups is 1. The molecule has 21 heavy (non-hydrogen) atoms. The Kier molecular flexibility index (Phi) is 5.04. The molecule has 0 atom stereocenters. The molecule has 4 heteroatoms. The van der Waals surface area contributed by atoms with Gasteiger partial charge in [0.15, 0.2) is 0 Å². The van der Waals surface area contributed by atoms with Crippen LogP contribution in [0.1, 0.15) is 70.6 Å². The number of rotatable bonds is 2. The van der Waals surface area contributed by atoms with Crippen molar-refractivity contribution in [2.75, 3.05) is 13.2 Å². The smallest absolute Gasteiger partial charge is 0.407 e. The van der Waals surface area contributed by atoms with Crippen LogP contribution in [0.25, 0.3) is 0 Å². The maximum atomic E-state index is 12.0. The summed E-state index contributed by atoms with van der Waals surface area (Å²) in [4.78, 5) is 12.0. The molecule has 0 aromatic heterocycles. The number of alkyl carbamates (subject to hydrolysis) is 1. The number of hydrogen-bond donors (Lipinski definition) is 1. The molecule has 3 rings (SSSR count). The minimum atomic E-state index is -0.216. The third-order valence-electron chi connectivity index (χ3n) is 5.72. The summed E-state index contributed by atoms with van der Waals surface area (Å²) in [5.74, 6) is 0. The second-order valence-electron chi connectivity index (χ2n) is 7.20. The first-order valence-corrected chi connectivity index (χ1v) is 8.81. The fourth-order valence-electron chi connectivity index (χ4n) is 4.32. The molecule has 3 aliphatic rings. The fraction of sp³-hybridized carbons (Fsp3) is 0.941. The highest BCUT2D eigenvalue weighted by atomic mass is 16.6. The van der Waals surface area contributed by atoms with Gasteiger partial charge in [-0.2, -0.15) is 0 Å². The Morgan fingerprint density at radius 3 is 2.29 bits per heavy atom. The Bertz CT molecular complexity index is 336. The van der Waals surface area contributed by atoms with Gasteiger partial charge in [0.1, 0.15) is 6.10 Å². The van der Waals surface area contributed by atoms with Gasteiger partial charge in [0, 0.05) is 18.9 Å². The first kappa shape index (κ1) is 15.1. The van der Waals surface area contributed by atoms with E-state index in [1.165, 1.54) is 44.9 Å². The summed E-state index contributed by atoms with van der Waals surface area (Å²) < 4.78 is 10.8. The van der Waals surface area contributed by atoms with Gasteiger partial charge in [-0.15, -0.1) is 0 Å². The van der Waals surface area contributed by atoms with Crippen LogP contribution in [0, 0.1) is 5.41 Å². The lowest BCUT2D eigenvalue weighted by molar-refractivity contribution is -0.000478. The molecule has 0 radical (unpaired) electrons. The Morgan fingerprint density at radius 1 is 0.952 bits per heavy atom. The standard InChI is InChI=1S/C17H29NO3/c19-16(21-15-6-12-20-13-7-15)18-14-4-10-17(11-5-14)8-2-1-3-9-17/h14-15H,1-13H2,(H,18,19). The number of amides is 1. The predicted octanol–water partition coefficient (Wildman–Crippen LogP) is 3.78. The molecule has 1 saturated heterocycles. The predicted molar refractivity (Wildman–Crippen MR) is 81.2 cm³/mol. The van der Waals surface area contributed by atoms with Crippen LogP contribution in [0.5, 0.6) is 0 Å². The van der Waals surface area contributed by atoms with Crippen molar-refractivity contribution >= 4 is 6.09 Å². The Hall–Kier alpha value is -0.770. The number of nitrogens with one attached hydrogen (secondary N) is 1. The van der Waals surface area contributed by atoms with E-state index in [4.69, 9.17) is 9.47 Å². The molecule has 0 bridgehead atoms. The maximum Gasteiger partial charge on any atom is 0.407 e. The van der Waals surface area contributed by atoms with Crippen LogP contribution in [0.2, 0.25) is 0 Å². The fourth-order valence-corrected chi connectivity index (χ4v) is 4.32. The zero-order chi connectivity index (χ0) is 14.5. The van der Waals surface area contributed by atoms with Crippen molar-refractivity contribution in [2.45, 2.75) is 82.8 Å². The van der Waals surface area contributed by atoms with E-state index in [1.54, 1.807) is 0 Å². The third kappa shape index (κ3) is 4.12. The zero-order valence-corrected chi connectivity index (χ0v) is 13.1. The molecule has 0 unspecified atom stereocenters. The quantitative estimate of drug-likeness (QED) is 0.843. The van der Waals surface area contributed by atoms with Crippen molar-refractivity contribution in [2.24, 2.45) is 5.41 Å². The zero-order valence-electron chi connectivity index (χ0n) is 13.1. The average Bonchev–Trinajstić information content (AvgIpc) is 2.52. The molecule has 2 saturated carbocycles. The highest BCUT2D eigenvalue weighted by Gasteiger charge is 2.36. The van der Waals surface area contributed by atoms with E-state index in [0.717, 1.165) is 25.7 Å². The summed E-state index contributed by atoms with van der Waals surface area (Å²) in [6.07, 6.45) is 13.4. The van der Waals surface area contributed by atoms with Crippen LogP contribution in [0.4, 0.5) is 4.79 Å². The topological polar surface area (TPSA) is 47.6 Å². The molecule has 120 valence electrons. The van der Waals surface area contributed by atoms with Gasteiger partial charge in [-0.1, -0.05) is 19.3 Å². The summed E-state index contributed by atoms with van der Waals surface area (Å²) in [5.41, 5.74) is 0.612.